The standard InChI is InChI=1S/C21H20N2O3/c1-13(14-6-4-3-5-7-14)22-21(24)19-18-10-8-15-12-16(25-2)9-11-17(15)20(18)26-23-19/h3-7,9,11-13H,8,10H2,1-2H3,(H,22,24). The van der Waals surface area contributed by atoms with E-state index in [1.165, 1.54) is 0 Å². The minimum atomic E-state index is -0.205. The summed E-state index contributed by atoms with van der Waals surface area (Å²) in [5.74, 6) is 1.30. The van der Waals surface area contributed by atoms with E-state index >= 15 is 0 Å². The number of amides is 1. The Balaban J connectivity index is 1.60. The summed E-state index contributed by atoms with van der Waals surface area (Å²) in [6, 6.07) is 15.6. The van der Waals surface area contributed by atoms with Gasteiger partial charge >= 0.3 is 0 Å². The molecule has 1 unspecified atom stereocenters. The molecule has 5 nitrogen and oxygen atoms in total. The lowest BCUT2D eigenvalue weighted by atomic mass is 9.89. The van der Waals surface area contributed by atoms with Gasteiger partial charge in [-0.1, -0.05) is 35.5 Å². The lowest BCUT2D eigenvalue weighted by Gasteiger charge is -2.17. The van der Waals surface area contributed by atoms with E-state index in [0.29, 0.717) is 11.5 Å². The van der Waals surface area contributed by atoms with Crippen molar-refractivity contribution in [1.82, 2.24) is 10.5 Å². The molecule has 1 N–H and O–H groups in total. The van der Waals surface area contributed by atoms with Gasteiger partial charge in [-0.25, -0.2) is 0 Å². The Morgan fingerprint density at radius 3 is 2.77 bits per heavy atom. The van der Waals surface area contributed by atoms with Gasteiger partial charge in [-0.05, 0) is 49.1 Å². The molecule has 1 aliphatic rings. The summed E-state index contributed by atoms with van der Waals surface area (Å²) in [7, 11) is 1.65. The lowest BCUT2D eigenvalue weighted by molar-refractivity contribution is 0.0930. The topological polar surface area (TPSA) is 64.4 Å². The fourth-order valence-corrected chi connectivity index (χ4v) is 3.41. The van der Waals surface area contributed by atoms with Crippen LogP contribution in [0.3, 0.4) is 0 Å². The van der Waals surface area contributed by atoms with E-state index in [1.807, 2.05) is 55.5 Å². The number of hydrogen-bond donors (Lipinski definition) is 1. The number of carbonyl (C=O) groups is 1. The van der Waals surface area contributed by atoms with E-state index in [2.05, 4.69) is 10.5 Å². The average molecular weight is 348 g/mol. The number of nitrogens with zero attached hydrogens (tertiary/aromatic N) is 1. The molecule has 0 bridgehead atoms. The van der Waals surface area contributed by atoms with Crippen molar-refractivity contribution in [2.75, 3.05) is 7.11 Å². The zero-order valence-corrected chi connectivity index (χ0v) is 14.8. The first-order valence-corrected chi connectivity index (χ1v) is 8.69. The summed E-state index contributed by atoms with van der Waals surface area (Å²) in [6.45, 7) is 1.96. The highest BCUT2D eigenvalue weighted by Gasteiger charge is 2.28. The van der Waals surface area contributed by atoms with Gasteiger partial charge in [0, 0.05) is 11.1 Å². The molecule has 0 spiro atoms. The molecule has 132 valence electrons. The number of nitrogens with one attached hydrogen (secondary N) is 1. The molecule has 1 amide bonds. The number of fused-ring (bicyclic) bond motifs is 3. The van der Waals surface area contributed by atoms with Gasteiger partial charge in [0.15, 0.2) is 11.5 Å². The highest BCUT2D eigenvalue weighted by atomic mass is 16.5. The van der Waals surface area contributed by atoms with E-state index in [1.54, 1.807) is 7.11 Å². The van der Waals surface area contributed by atoms with Crippen LogP contribution in [-0.4, -0.2) is 18.2 Å². The highest BCUT2D eigenvalue weighted by Crippen LogP contribution is 2.37. The number of aryl methyl sites for hydroxylation is 1. The zero-order chi connectivity index (χ0) is 18.1. The predicted molar refractivity (Wildman–Crippen MR) is 98.2 cm³/mol. The third kappa shape index (κ3) is 2.86. The van der Waals surface area contributed by atoms with Crippen molar-refractivity contribution in [2.24, 2.45) is 0 Å². The average Bonchev–Trinajstić information content (AvgIpc) is 3.12. The molecule has 5 heteroatoms. The second-order valence-electron chi connectivity index (χ2n) is 6.47. The van der Waals surface area contributed by atoms with E-state index in [-0.39, 0.29) is 11.9 Å². The summed E-state index contributed by atoms with van der Waals surface area (Å²) in [5, 5.41) is 7.08. The van der Waals surface area contributed by atoms with Crippen molar-refractivity contribution in [2.45, 2.75) is 25.8 Å². The van der Waals surface area contributed by atoms with Crippen molar-refractivity contribution in [3.05, 3.63) is 70.9 Å². The Bertz CT molecular complexity index is 947. The van der Waals surface area contributed by atoms with Crippen LogP contribution >= 0.6 is 0 Å². The Kier molecular flexibility index (Phi) is 4.21. The summed E-state index contributed by atoms with van der Waals surface area (Å²) < 4.78 is 10.8. The van der Waals surface area contributed by atoms with Gasteiger partial charge in [-0.2, -0.15) is 0 Å². The van der Waals surface area contributed by atoms with Crippen LogP contribution < -0.4 is 10.1 Å². The number of carbonyl (C=O) groups excluding carboxylic acids is 1. The third-order valence-electron chi connectivity index (χ3n) is 4.85. The monoisotopic (exact) mass is 348 g/mol. The Morgan fingerprint density at radius 2 is 2.00 bits per heavy atom. The lowest BCUT2D eigenvalue weighted by Crippen LogP contribution is -2.28. The molecule has 1 aliphatic carbocycles. The third-order valence-corrected chi connectivity index (χ3v) is 4.85. The van der Waals surface area contributed by atoms with E-state index in [0.717, 1.165) is 40.8 Å². The molecule has 2 aromatic carbocycles. The Hall–Kier alpha value is -3.08. The van der Waals surface area contributed by atoms with Crippen molar-refractivity contribution < 1.29 is 14.1 Å². The molecule has 1 atom stereocenters. The summed E-state index contributed by atoms with van der Waals surface area (Å²) >= 11 is 0. The minimum absolute atomic E-state index is 0.101. The molecule has 1 heterocycles. The van der Waals surface area contributed by atoms with Crippen LogP contribution in [-0.2, 0) is 12.8 Å². The number of hydrogen-bond acceptors (Lipinski definition) is 4. The summed E-state index contributed by atoms with van der Waals surface area (Å²) in [4.78, 5) is 12.7. The summed E-state index contributed by atoms with van der Waals surface area (Å²) in [5.41, 5.74) is 4.44. The molecule has 0 fully saturated rings. The maximum absolute atomic E-state index is 12.7. The van der Waals surface area contributed by atoms with Crippen LogP contribution in [0.2, 0.25) is 0 Å². The van der Waals surface area contributed by atoms with Gasteiger partial charge in [-0.15, -0.1) is 0 Å². The van der Waals surface area contributed by atoms with Crippen LogP contribution in [0, 0.1) is 0 Å². The van der Waals surface area contributed by atoms with Crippen LogP contribution in [0.25, 0.3) is 11.3 Å². The molecule has 4 rings (SSSR count). The largest absolute Gasteiger partial charge is 0.497 e. The van der Waals surface area contributed by atoms with Crippen LogP contribution in [0.15, 0.2) is 53.1 Å². The second-order valence-corrected chi connectivity index (χ2v) is 6.47. The van der Waals surface area contributed by atoms with E-state index < -0.39 is 0 Å². The molecule has 0 aliphatic heterocycles. The van der Waals surface area contributed by atoms with Crippen LogP contribution in [0.5, 0.6) is 5.75 Å². The summed E-state index contributed by atoms with van der Waals surface area (Å²) in [6.07, 6.45) is 1.55. The molecule has 3 aromatic rings. The molecule has 0 radical (unpaired) electrons. The zero-order valence-electron chi connectivity index (χ0n) is 14.8. The number of methoxy groups -OCH3 is 1. The fraction of sp³-hybridized carbons (Fsp3) is 0.238. The normalized spacial score (nSPS) is 13.5. The quantitative estimate of drug-likeness (QED) is 0.776. The number of benzene rings is 2. The number of ether oxygens (including phenoxy) is 1. The first-order valence-electron chi connectivity index (χ1n) is 8.69. The molecule has 0 saturated heterocycles. The van der Waals surface area contributed by atoms with E-state index in [9.17, 15) is 4.79 Å². The number of aromatic nitrogens is 1. The molecule has 1 aromatic heterocycles. The molecular formula is C21H20N2O3. The van der Waals surface area contributed by atoms with Crippen LogP contribution in [0.1, 0.15) is 40.1 Å². The number of rotatable bonds is 4. The minimum Gasteiger partial charge on any atom is -0.497 e. The SMILES string of the molecule is COc1ccc2c(c1)CCc1c(C(=O)NC(C)c3ccccc3)noc1-2. The fourth-order valence-electron chi connectivity index (χ4n) is 3.41. The van der Waals surface area contributed by atoms with Gasteiger partial charge in [0.05, 0.1) is 13.2 Å². The van der Waals surface area contributed by atoms with Crippen LogP contribution in [0.4, 0.5) is 0 Å². The van der Waals surface area contributed by atoms with Crippen molar-refractivity contribution >= 4 is 5.91 Å². The Morgan fingerprint density at radius 1 is 1.19 bits per heavy atom. The van der Waals surface area contributed by atoms with Gasteiger partial charge < -0.3 is 14.6 Å². The molecule has 0 saturated carbocycles. The Labute approximate surface area is 152 Å². The molecule has 26 heavy (non-hydrogen) atoms. The first-order chi connectivity index (χ1) is 12.7. The van der Waals surface area contributed by atoms with Crippen molar-refractivity contribution in [1.29, 1.82) is 0 Å². The van der Waals surface area contributed by atoms with Gasteiger partial charge in [0.2, 0.25) is 0 Å². The first kappa shape index (κ1) is 16.4. The van der Waals surface area contributed by atoms with E-state index in [4.69, 9.17) is 9.26 Å². The molecular weight excluding hydrogens is 328 g/mol. The maximum atomic E-state index is 12.7. The van der Waals surface area contributed by atoms with Crippen molar-refractivity contribution in [3.8, 4) is 17.1 Å². The highest BCUT2D eigenvalue weighted by molar-refractivity contribution is 5.95. The van der Waals surface area contributed by atoms with Crippen molar-refractivity contribution in [3.63, 3.8) is 0 Å². The second kappa shape index (κ2) is 6.67. The maximum Gasteiger partial charge on any atom is 0.274 e. The van der Waals surface area contributed by atoms with Gasteiger partial charge in [-0.3, -0.25) is 4.79 Å². The van der Waals surface area contributed by atoms with Gasteiger partial charge in [0.1, 0.15) is 5.75 Å². The van der Waals surface area contributed by atoms with Gasteiger partial charge in [0.25, 0.3) is 5.91 Å². The smallest absolute Gasteiger partial charge is 0.274 e. The predicted octanol–water partition coefficient (Wildman–Crippen LogP) is 3.94.